The monoisotopic (exact) mass is 335 g/mol. The molecule has 0 unspecified atom stereocenters. The minimum absolute atomic E-state index is 0.236. The zero-order chi connectivity index (χ0) is 17.4. The molecule has 0 amide bonds. The molecule has 5 nitrogen and oxygen atoms in total. The van der Waals surface area contributed by atoms with Crippen LogP contribution >= 0.6 is 0 Å². The van der Waals surface area contributed by atoms with E-state index in [1.165, 1.54) is 0 Å². The molecule has 3 aromatic rings. The second-order valence-electron chi connectivity index (χ2n) is 6.92. The van der Waals surface area contributed by atoms with E-state index in [1.54, 1.807) is 7.11 Å². The van der Waals surface area contributed by atoms with E-state index >= 15 is 0 Å². The number of fused-ring (bicyclic) bond motifs is 1. The first-order valence-electron chi connectivity index (χ1n) is 8.44. The van der Waals surface area contributed by atoms with Gasteiger partial charge in [-0.2, -0.15) is 0 Å². The van der Waals surface area contributed by atoms with Gasteiger partial charge in [-0.25, -0.2) is 0 Å². The van der Waals surface area contributed by atoms with Crippen molar-refractivity contribution in [2.45, 2.75) is 31.4 Å². The third-order valence-electron chi connectivity index (χ3n) is 4.76. The highest BCUT2D eigenvalue weighted by atomic mass is 16.5. The van der Waals surface area contributed by atoms with Crippen molar-refractivity contribution in [2.24, 2.45) is 0 Å². The van der Waals surface area contributed by atoms with Crippen molar-refractivity contribution in [3.8, 4) is 17.0 Å². The van der Waals surface area contributed by atoms with E-state index in [2.05, 4.69) is 27.6 Å². The molecule has 0 saturated heterocycles. The summed E-state index contributed by atoms with van der Waals surface area (Å²) in [6.45, 7) is 1.86. The maximum absolute atomic E-state index is 9.92. The second-order valence-corrected chi connectivity index (χ2v) is 6.92. The summed E-state index contributed by atoms with van der Waals surface area (Å²) < 4.78 is 5.22. The van der Waals surface area contributed by atoms with E-state index in [1.807, 2.05) is 43.3 Å². The molecule has 5 heteroatoms. The highest BCUT2D eigenvalue weighted by Gasteiger charge is 2.38. The van der Waals surface area contributed by atoms with Crippen LogP contribution in [-0.2, 0) is 0 Å². The van der Waals surface area contributed by atoms with Crippen LogP contribution in [0.5, 0.6) is 5.75 Å². The third kappa shape index (κ3) is 3.03. The summed E-state index contributed by atoms with van der Waals surface area (Å²) in [6.07, 6.45) is 1.45. The van der Waals surface area contributed by atoms with Crippen LogP contribution in [-0.4, -0.2) is 34.1 Å². The fourth-order valence-corrected chi connectivity index (χ4v) is 3.47. The maximum atomic E-state index is 9.92. The summed E-state index contributed by atoms with van der Waals surface area (Å²) in [5.41, 5.74) is 1.29. The zero-order valence-electron chi connectivity index (χ0n) is 14.4. The van der Waals surface area contributed by atoms with E-state index in [0.717, 1.165) is 46.4 Å². The van der Waals surface area contributed by atoms with Gasteiger partial charge in [0.15, 0.2) is 5.82 Å². The average molecular weight is 335 g/mol. The van der Waals surface area contributed by atoms with Gasteiger partial charge in [-0.3, -0.25) is 0 Å². The molecular formula is C20H21N3O2. The molecule has 2 N–H and O–H groups in total. The number of aromatic nitrogens is 2. The quantitative estimate of drug-likeness (QED) is 0.762. The Morgan fingerprint density at radius 1 is 1.04 bits per heavy atom. The van der Waals surface area contributed by atoms with Crippen molar-refractivity contribution < 1.29 is 9.84 Å². The molecule has 0 radical (unpaired) electrons. The first-order chi connectivity index (χ1) is 12.1. The van der Waals surface area contributed by atoms with Gasteiger partial charge >= 0.3 is 0 Å². The molecule has 1 heterocycles. The molecule has 2 aromatic carbocycles. The molecule has 0 atom stereocenters. The molecule has 0 bridgehead atoms. The molecule has 1 aliphatic carbocycles. The Bertz CT molecular complexity index is 898. The Kier molecular flexibility index (Phi) is 3.81. The van der Waals surface area contributed by atoms with Crippen molar-refractivity contribution in [3.05, 3.63) is 48.5 Å². The summed E-state index contributed by atoms with van der Waals surface area (Å²) >= 11 is 0. The van der Waals surface area contributed by atoms with Crippen molar-refractivity contribution >= 4 is 16.6 Å². The Morgan fingerprint density at radius 3 is 2.36 bits per heavy atom. The van der Waals surface area contributed by atoms with Gasteiger partial charge in [0.25, 0.3) is 0 Å². The summed E-state index contributed by atoms with van der Waals surface area (Å²) in [6, 6.07) is 16.2. The number of benzene rings is 2. The fraction of sp³-hybridized carbons (Fsp3) is 0.300. The minimum atomic E-state index is -0.566. The molecule has 25 heavy (non-hydrogen) atoms. The molecule has 4 rings (SSSR count). The number of nitrogens with zero attached hydrogens (tertiary/aromatic N) is 2. The van der Waals surface area contributed by atoms with E-state index in [9.17, 15) is 5.11 Å². The van der Waals surface area contributed by atoms with Crippen LogP contribution < -0.4 is 10.1 Å². The van der Waals surface area contributed by atoms with Gasteiger partial charge in [0.1, 0.15) is 11.4 Å². The number of rotatable bonds is 4. The molecule has 1 fully saturated rings. The number of methoxy groups -OCH3 is 1. The smallest absolute Gasteiger partial charge is 0.156 e. The van der Waals surface area contributed by atoms with Crippen molar-refractivity contribution in [3.63, 3.8) is 0 Å². The fourth-order valence-electron chi connectivity index (χ4n) is 3.47. The molecule has 1 aliphatic rings. The van der Waals surface area contributed by atoms with E-state index in [4.69, 9.17) is 4.74 Å². The molecule has 1 aromatic heterocycles. The lowest BCUT2D eigenvalue weighted by molar-refractivity contribution is -0.0235. The van der Waals surface area contributed by atoms with Gasteiger partial charge in [0.2, 0.25) is 0 Å². The van der Waals surface area contributed by atoms with E-state index in [0.29, 0.717) is 0 Å². The highest BCUT2D eigenvalue weighted by molar-refractivity contribution is 6.00. The normalized spacial score (nSPS) is 22.4. The Morgan fingerprint density at radius 2 is 1.72 bits per heavy atom. The van der Waals surface area contributed by atoms with Crippen LogP contribution in [0.4, 0.5) is 5.82 Å². The lowest BCUT2D eigenvalue weighted by Crippen LogP contribution is -2.48. The predicted octanol–water partition coefficient (Wildman–Crippen LogP) is 3.63. The summed E-state index contributed by atoms with van der Waals surface area (Å²) in [4.78, 5) is 0. The predicted molar refractivity (Wildman–Crippen MR) is 98.8 cm³/mol. The van der Waals surface area contributed by atoms with Crippen LogP contribution in [0.1, 0.15) is 19.8 Å². The van der Waals surface area contributed by atoms with Crippen LogP contribution in [0, 0.1) is 0 Å². The van der Waals surface area contributed by atoms with Gasteiger partial charge < -0.3 is 15.2 Å². The van der Waals surface area contributed by atoms with Gasteiger partial charge in [0.05, 0.1) is 12.7 Å². The summed E-state index contributed by atoms with van der Waals surface area (Å²) in [5, 5.41) is 24.3. The Hall–Kier alpha value is -2.66. The first-order valence-corrected chi connectivity index (χ1v) is 8.44. The van der Waals surface area contributed by atoms with Crippen LogP contribution in [0.15, 0.2) is 48.5 Å². The van der Waals surface area contributed by atoms with E-state index < -0.39 is 5.60 Å². The molecule has 0 spiro atoms. The SMILES string of the molecule is COc1ccc(-c2nnc(N[C@H]3C[C@@](C)(O)C3)c3ccccc23)cc1. The van der Waals surface area contributed by atoms with Crippen LogP contribution in [0.2, 0.25) is 0 Å². The highest BCUT2D eigenvalue weighted by Crippen LogP contribution is 2.36. The standard InChI is InChI=1S/C20H21N3O2/c1-20(24)11-14(12-20)21-19-17-6-4-3-5-16(17)18(22-23-19)13-7-9-15(25-2)10-8-13/h3-10,14,24H,11-12H2,1-2H3,(H,21,23)/t14-,20+. The molecular weight excluding hydrogens is 314 g/mol. The van der Waals surface area contributed by atoms with E-state index in [-0.39, 0.29) is 6.04 Å². The average Bonchev–Trinajstić information content (AvgIpc) is 2.60. The summed E-state index contributed by atoms with van der Waals surface area (Å²) in [5.74, 6) is 1.59. The number of nitrogens with one attached hydrogen (secondary N) is 1. The van der Waals surface area contributed by atoms with Crippen molar-refractivity contribution in [1.29, 1.82) is 0 Å². The van der Waals surface area contributed by atoms with Crippen LogP contribution in [0.3, 0.4) is 0 Å². The van der Waals surface area contributed by atoms with Crippen molar-refractivity contribution in [1.82, 2.24) is 10.2 Å². The van der Waals surface area contributed by atoms with Crippen LogP contribution in [0.25, 0.3) is 22.0 Å². The third-order valence-corrected chi connectivity index (χ3v) is 4.76. The first kappa shape index (κ1) is 15.8. The molecule has 128 valence electrons. The Labute approximate surface area is 146 Å². The lowest BCUT2D eigenvalue weighted by Gasteiger charge is -2.41. The maximum Gasteiger partial charge on any atom is 0.156 e. The number of aliphatic hydroxyl groups is 1. The largest absolute Gasteiger partial charge is 0.497 e. The van der Waals surface area contributed by atoms with Gasteiger partial charge in [-0.05, 0) is 44.0 Å². The van der Waals surface area contributed by atoms with Gasteiger partial charge in [0, 0.05) is 22.4 Å². The zero-order valence-corrected chi connectivity index (χ0v) is 14.4. The second kappa shape index (κ2) is 6.01. The Balaban J connectivity index is 1.71. The molecule has 0 aliphatic heterocycles. The van der Waals surface area contributed by atoms with Gasteiger partial charge in [-0.15, -0.1) is 10.2 Å². The number of anilines is 1. The van der Waals surface area contributed by atoms with Gasteiger partial charge in [-0.1, -0.05) is 24.3 Å². The molecule has 1 saturated carbocycles. The van der Waals surface area contributed by atoms with Crippen molar-refractivity contribution in [2.75, 3.05) is 12.4 Å². The number of hydrogen-bond acceptors (Lipinski definition) is 5. The number of ether oxygens (including phenoxy) is 1. The summed E-state index contributed by atoms with van der Waals surface area (Å²) in [7, 11) is 1.66. The minimum Gasteiger partial charge on any atom is -0.497 e. The lowest BCUT2D eigenvalue weighted by atomic mass is 9.77. The number of hydrogen-bond donors (Lipinski definition) is 2. The topological polar surface area (TPSA) is 67.3 Å².